The van der Waals surface area contributed by atoms with Gasteiger partial charge in [0.25, 0.3) is 0 Å². The van der Waals surface area contributed by atoms with Crippen molar-refractivity contribution in [1.82, 2.24) is 10.0 Å². The number of benzene rings is 2. The van der Waals surface area contributed by atoms with E-state index in [0.29, 0.717) is 29.7 Å². The number of piperidine rings is 2. The van der Waals surface area contributed by atoms with Gasteiger partial charge in [0, 0.05) is 49.7 Å². The fraction of sp³-hybridized carbons (Fsp3) is 0.500. The largest absolute Gasteiger partial charge is 0.493 e. The summed E-state index contributed by atoms with van der Waals surface area (Å²) in [7, 11) is 1.66. The second-order valence-corrected chi connectivity index (χ2v) is 13.5. The SMILES string of the molecule is CC1(CC2=CC=NC=CC2)C(=O)c2ccc(OC(=O)C3CCN(N4CCCCC4)CC3)cc2C1=O.CCCCCOc1ccccc1OC. The Labute approximate surface area is 291 Å². The number of rotatable bonds is 11. The molecule has 2 aromatic rings. The van der Waals surface area contributed by atoms with Crippen LogP contribution in [-0.2, 0) is 4.79 Å². The van der Waals surface area contributed by atoms with Gasteiger partial charge in [-0.1, -0.05) is 50.0 Å². The number of Topliss-reactive ketones (excluding diaryl/α,β-unsaturated/α-hetero) is 2. The van der Waals surface area contributed by atoms with Crippen molar-refractivity contribution in [2.24, 2.45) is 16.3 Å². The summed E-state index contributed by atoms with van der Waals surface area (Å²) < 4.78 is 16.5. The summed E-state index contributed by atoms with van der Waals surface area (Å²) in [5.41, 5.74) is 0.596. The number of nitrogens with zero attached hydrogens (tertiary/aromatic N) is 3. The normalized spacial score (nSPS) is 21.3. The van der Waals surface area contributed by atoms with Gasteiger partial charge in [0.2, 0.25) is 0 Å². The molecule has 6 rings (SSSR count). The first-order valence-corrected chi connectivity index (χ1v) is 17.9. The highest BCUT2D eigenvalue weighted by molar-refractivity contribution is 6.29. The molecular formula is C40H51N3O6. The van der Waals surface area contributed by atoms with Gasteiger partial charge in [-0.15, -0.1) is 0 Å². The van der Waals surface area contributed by atoms with Crippen molar-refractivity contribution >= 4 is 23.8 Å². The second-order valence-electron chi connectivity index (χ2n) is 13.5. The van der Waals surface area contributed by atoms with Gasteiger partial charge in [0.1, 0.15) is 5.75 Å². The van der Waals surface area contributed by atoms with E-state index in [1.807, 2.05) is 36.4 Å². The van der Waals surface area contributed by atoms with Crippen molar-refractivity contribution in [1.29, 1.82) is 0 Å². The van der Waals surface area contributed by atoms with Crippen molar-refractivity contribution in [3.05, 3.63) is 77.5 Å². The van der Waals surface area contributed by atoms with Gasteiger partial charge in [0.05, 0.1) is 25.0 Å². The van der Waals surface area contributed by atoms with E-state index < -0.39 is 5.41 Å². The van der Waals surface area contributed by atoms with Crippen LogP contribution in [0, 0.1) is 11.3 Å². The van der Waals surface area contributed by atoms with E-state index in [-0.39, 0.29) is 23.5 Å². The number of allylic oxidation sites excluding steroid dienone is 3. The van der Waals surface area contributed by atoms with Gasteiger partial charge in [-0.2, -0.15) is 0 Å². The van der Waals surface area contributed by atoms with E-state index >= 15 is 0 Å². The molecule has 9 heteroatoms. The summed E-state index contributed by atoms with van der Waals surface area (Å²) in [4.78, 5) is 43.6. The highest BCUT2D eigenvalue weighted by Crippen LogP contribution is 2.43. The molecule has 0 saturated carbocycles. The Balaban J connectivity index is 0.000000281. The lowest BCUT2D eigenvalue weighted by molar-refractivity contribution is -0.143. The maximum absolute atomic E-state index is 13.4. The van der Waals surface area contributed by atoms with Crippen LogP contribution in [-0.4, -0.2) is 73.7 Å². The number of fused-ring (bicyclic) bond motifs is 1. The van der Waals surface area contributed by atoms with Crippen LogP contribution in [0.25, 0.3) is 0 Å². The molecule has 9 nitrogen and oxygen atoms in total. The van der Waals surface area contributed by atoms with Crippen LogP contribution in [0.1, 0.15) is 98.8 Å². The zero-order valence-corrected chi connectivity index (χ0v) is 29.3. The summed E-state index contributed by atoms with van der Waals surface area (Å²) in [6.07, 6.45) is 17.1. The van der Waals surface area contributed by atoms with Crippen molar-refractivity contribution in [2.45, 2.75) is 78.1 Å². The first-order chi connectivity index (χ1) is 23.8. The number of hydrogen-bond donors (Lipinski definition) is 0. The highest BCUT2D eigenvalue weighted by atomic mass is 16.5. The van der Waals surface area contributed by atoms with Gasteiger partial charge >= 0.3 is 5.97 Å². The fourth-order valence-corrected chi connectivity index (χ4v) is 6.96. The molecule has 0 bridgehead atoms. The molecule has 1 unspecified atom stereocenters. The molecule has 4 aliphatic rings. The Morgan fingerprint density at radius 2 is 1.63 bits per heavy atom. The van der Waals surface area contributed by atoms with Crippen LogP contribution in [0.15, 0.2) is 71.4 Å². The smallest absolute Gasteiger partial charge is 0.314 e. The maximum atomic E-state index is 13.4. The van der Waals surface area contributed by atoms with Gasteiger partial charge in [-0.05, 0) is 88.3 Å². The predicted octanol–water partition coefficient (Wildman–Crippen LogP) is 7.66. The van der Waals surface area contributed by atoms with E-state index in [2.05, 4.69) is 21.9 Å². The van der Waals surface area contributed by atoms with Crippen LogP contribution in [0.2, 0.25) is 0 Å². The molecule has 0 spiro atoms. The molecule has 2 saturated heterocycles. The van der Waals surface area contributed by atoms with Crippen molar-refractivity contribution in [2.75, 3.05) is 39.9 Å². The molecule has 0 amide bonds. The Morgan fingerprint density at radius 1 is 0.918 bits per heavy atom. The molecule has 262 valence electrons. The van der Waals surface area contributed by atoms with Crippen LogP contribution < -0.4 is 14.2 Å². The standard InChI is InChI=1S/C28H33N3O4.C12H18O2/c1-28(19-20-6-5-12-29-13-9-20)25(32)23-8-7-22(18-24(23)26(28)33)35-27(34)21-10-16-31(17-11-21)30-14-3-2-4-15-30;1-3-4-7-10-14-12-9-6-5-8-11(12)13-2/h5,7-9,12-13,18,21H,2-4,6,10-11,14-17,19H2,1H3;5-6,8-9H,3-4,7,10H2,1-2H3. The number of ketones is 2. The molecular weight excluding hydrogens is 618 g/mol. The number of aliphatic imine (C=N–C) groups is 1. The number of hydrogen-bond acceptors (Lipinski definition) is 9. The third kappa shape index (κ3) is 9.13. The van der Waals surface area contributed by atoms with Crippen LogP contribution in [0.5, 0.6) is 17.2 Å². The molecule has 0 radical (unpaired) electrons. The zero-order chi connectivity index (χ0) is 34.6. The zero-order valence-electron chi connectivity index (χ0n) is 29.3. The Kier molecular flexibility index (Phi) is 13.0. The number of carbonyl (C=O) groups is 3. The summed E-state index contributed by atoms with van der Waals surface area (Å²) in [5, 5.41) is 4.81. The minimum Gasteiger partial charge on any atom is -0.493 e. The number of para-hydroxylation sites is 2. The number of unbranched alkanes of at least 4 members (excludes halogenated alkanes) is 2. The predicted molar refractivity (Wildman–Crippen MR) is 192 cm³/mol. The van der Waals surface area contributed by atoms with E-state index in [1.165, 1.54) is 32.1 Å². The first kappa shape index (κ1) is 36.2. The van der Waals surface area contributed by atoms with Crippen LogP contribution >= 0.6 is 0 Å². The Bertz CT molecular complexity index is 1550. The number of ether oxygens (including phenoxy) is 3. The molecule has 49 heavy (non-hydrogen) atoms. The molecule has 3 aliphatic heterocycles. The molecule has 0 N–H and O–H groups in total. The molecule has 1 atom stereocenters. The van der Waals surface area contributed by atoms with Crippen molar-refractivity contribution in [3.8, 4) is 17.2 Å². The fourth-order valence-electron chi connectivity index (χ4n) is 6.96. The average Bonchev–Trinajstić information content (AvgIpc) is 3.31. The van der Waals surface area contributed by atoms with Gasteiger partial charge in [-0.25, -0.2) is 10.0 Å². The van der Waals surface area contributed by atoms with Crippen molar-refractivity contribution in [3.63, 3.8) is 0 Å². The number of carbonyl (C=O) groups excluding carboxylic acids is 3. The third-order valence-electron chi connectivity index (χ3n) is 9.86. The van der Waals surface area contributed by atoms with E-state index in [9.17, 15) is 14.4 Å². The number of methoxy groups -OCH3 is 1. The third-order valence-corrected chi connectivity index (χ3v) is 9.86. The summed E-state index contributed by atoms with van der Waals surface area (Å²) in [6, 6.07) is 12.6. The lowest BCUT2D eigenvalue weighted by atomic mass is 9.78. The quantitative estimate of drug-likeness (QED) is 0.104. The topological polar surface area (TPSA) is 97.7 Å². The Hall–Kier alpha value is -4.08. The van der Waals surface area contributed by atoms with Gasteiger partial charge < -0.3 is 14.2 Å². The molecule has 2 fully saturated rings. The van der Waals surface area contributed by atoms with Crippen LogP contribution in [0.3, 0.4) is 0 Å². The lowest BCUT2D eigenvalue weighted by Gasteiger charge is -2.41. The summed E-state index contributed by atoms with van der Waals surface area (Å²) in [6.45, 7) is 8.62. The maximum Gasteiger partial charge on any atom is 0.314 e. The molecule has 1 aliphatic carbocycles. The minimum absolute atomic E-state index is 0.149. The number of esters is 1. The van der Waals surface area contributed by atoms with Crippen molar-refractivity contribution < 1.29 is 28.6 Å². The molecule has 3 heterocycles. The minimum atomic E-state index is -1.15. The van der Waals surface area contributed by atoms with Crippen LogP contribution in [0.4, 0.5) is 0 Å². The van der Waals surface area contributed by atoms with E-state index in [4.69, 9.17) is 14.2 Å². The monoisotopic (exact) mass is 669 g/mol. The highest BCUT2D eigenvalue weighted by Gasteiger charge is 2.49. The average molecular weight is 670 g/mol. The summed E-state index contributed by atoms with van der Waals surface area (Å²) >= 11 is 0. The lowest BCUT2D eigenvalue weighted by Crippen LogP contribution is -2.50. The molecule has 0 aromatic heterocycles. The van der Waals surface area contributed by atoms with E-state index in [1.54, 1.807) is 44.6 Å². The van der Waals surface area contributed by atoms with Gasteiger partial charge in [0.15, 0.2) is 23.1 Å². The second kappa shape index (κ2) is 17.5. The van der Waals surface area contributed by atoms with E-state index in [0.717, 1.165) is 69.1 Å². The molecule has 2 aromatic carbocycles. The Morgan fingerprint density at radius 3 is 2.37 bits per heavy atom. The van der Waals surface area contributed by atoms with Gasteiger partial charge in [-0.3, -0.25) is 19.4 Å². The number of hydrazine groups is 1. The first-order valence-electron chi connectivity index (χ1n) is 17.9. The summed E-state index contributed by atoms with van der Waals surface area (Å²) in [5.74, 6) is 1.19.